The van der Waals surface area contributed by atoms with E-state index < -0.39 is 0 Å². The Kier molecular flexibility index (Phi) is 3.79. The van der Waals surface area contributed by atoms with Crippen molar-refractivity contribution >= 4 is 0 Å². The Balaban J connectivity index is 2.89. The minimum atomic E-state index is -0.135. The zero-order valence-corrected chi connectivity index (χ0v) is 8.70. The van der Waals surface area contributed by atoms with E-state index in [1.165, 1.54) is 6.07 Å². The van der Waals surface area contributed by atoms with Crippen LogP contribution >= 0.6 is 0 Å². The number of nitrogens with one attached hydrogen (secondary N) is 1. The standard InChI is InChI=1S/C9H15N3O2/c1-12(2)5-8-10-7(6-14-3)4-9(13)11-8/h4H,5-6H2,1-3H3,(H,10,11,13). The number of rotatable bonds is 4. The minimum Gasteiger partial charge on any atom is -0.378 e. The van der Waals surface area contributed by atoms with Crippen molar-refractivity contribution in [3.8, 4) is 0 Å². The SMILES string of the molecule is COCc1cc(=O)[nH]c(CN(C)C)n1. The van der Waals surface area contributed by atoms with Crippen molar-refractivity contribution in [2.24, 2.45) is 0 Å². The van der Waals surface area contributed by atoms with Crippen LogP contribution in [0, 0.1) is 0 Å². The quantitative estimate of drug-likeness (QED) is 0.737. The summed E-state index contributed by atoms with van der Waals surface area (Å²) in [5.74, 6) is 0.662. The van der Waals surface area contributed by atoms with Crippen LogP contribution < -0.4 is 5.56 Å². The molecule has 78 valence electrons. The third-order valence-electron chi connectivity index (χ3n) is 1.60. The highest BCUT2D eigenvalue weighted by molar-refractivity contribution is 5.01. The normalized spacial score (nSPS) is 10.9. The van der Waals surface area contributed by atoms with E-state index in [2.05, 4.69) is 9.97 Å². The molecule has 0 aromatic carbocycles. The molecule has 14 heavy (non-hydrogen) atoms. The van der Waals surface area contributed by atoms with Crippen LogP contribution in [0.4, 0.5) is 0 Å². The summed E-state index contributed by atoms with van der Waals surface area (Å²) < 4.78 is 4.91. The first kappa shape index (κ1) is 10.9. The van der Waals surface area contributed by atoms with Crippen LogP contribution in [-0.4, -0.2) is 36.1 Å². The fourth-order valence-corrected chi connectivity index (χ4v) is 1.16. The molecule has 1 rings (SSSR count). The van der Waals surface area contributed by atoms with E-state index in [4.69, 9.17) is 4.74 Å². The lowest BCUT2D eigenvalue weighted by Crippen LogP contribution is -2.19. The molecular weight excluding hydrogens is 182 g/mol. The summed E-state index contributed by atoms with van der Waals surface area (Å²) in [7, 11) is 5.42. The van der Waals surface area contributed by atoms with Crippen LogP contribution in [0.5, 0.6) is 0 Å². The summed E-state index contributed by atoms with van der Waals surface area (Å²) in [4.78, 5) is 20.1. The molecule has 1 heterocycles. The first-order chi connectivity index (χ1) is 6.61. The highest BCUT2D eigenvalue weighted by atomic mass is 16.5. The largest absolute Gasteiger partial charge is 0.378 e. The molecular formula is C9H15N3O2. The number of nitrogens with zero attached hydrogens (tertiary/aromatic N) is 2. The van der Waals surface area contributed by atoms with Gasteiger partial charge in [0.2, 0.25) is 0 Å². The Morgan fingerprint density at radius 1 is 1.57 bits per heavy atom. The number of aromatic nitrogens is 2. The van der Waals surface area contributed by atoms with Gasteiger partial charge in [-0.05, 0) is 14.1 Å². The van der Waals surface area contributed by atoms with Crippen LogP contribution in [0.15, 0.2) is 10.9 Å². The van der Waals surface area contributed by atoms with E-state index in [1.54, 1.807) is 7.11 Å². The molecule has 0 radical (unpaired) electrons. The van der Waals surface area contributed by atoms with Gasteiger partial charge in [0.05, 0.1) is 18.8 Å². The molecule has 0 saturated heterocycles. The Labute approximate surface area is 82.7 Å². The Hall–Kier alpha value is -1.20. The summed E-state index contributed by atoms with van der Waals surface area (Å²) in [6, 6.07) is 1.45. The monoisotopic (exact) mass is 197 g/mol. The minimum absolute atomic E-state index is 0.135. The Bertz CT molecular complexity index is 346. The van der Waals surface area contributed by atoms with Crippen molar-refractivity contribution in [3.63, 3.8) is 0 Å². The molecule has 1 N–H and O–H groups in total. The van der Waals surface area contributed by atoms with Gasteiger partial charge in [0.25, 0.3) is 5.56 Å². The predicted octanol–water partition coefficient (Wildman–Crippen LogP) is -0.0221. The molecule has 0 amide bonds. The van der Waals surface area contributed by atoms with E-state index in [9.17, 15) is 4.79 Å². The van der Waals surface area contributed by atoms with Gasteiger partial charge in [0.1, 0.15) is 5.82 Å². The maximum absolute atomic E-state index is 11.2. The molecule has 1 aromatic heterocycles. The fourth-order valence-electron chi connectivity index (χ4n) is 1.16. The van der Waals surface area contributed by atoms with Gasteiger partial charge < -0.3 is 14.6 Å². The van der Waals surface area contributed by atoms with Gasteiger partial charge in [0.15, 0.2) is 0 Å². The summed E-state index contributed by atoms with van der Waals surface area (Å²) in [5.41, 5.74) is 0.525. The van der Waals surface area contributed by atoms with E-state index in [0.717, 1.165) is 0 Å². The smallest absolute Gasteiger partial charge is 0.251 e. The maximum Gasteiger partial charge on any atom is 0.251 e. The number of methoxy groups -OCH3 is 1. The molecule has 0 saturated carbocycles. The van der Waals surface area contributed by atoms with Crippen molar-refractivity contribution < 1.29 is 4.74 Å². The lowest BCUT2D eigenvalue weighted by Gasteiger charge is -2.09. The van der Waals surface area contributed by atoms with Crippen molar-refractivity contribution in [3.05, 3.63) is 27.9 Å². The highest BCUT2D eigenvalue weighted by Crippen LogP contribution is 1.96. The molecule has 0 aliphatic carbocycles. The van der Waals surface area contributed by atoms with Gasteiger partial charge in [-0.25, -0.2) is 4.98 Å². The van der Waals surface area contributed by atoms with E-state index in [0.29, 0.717) is 24.7 Å². The van der Waals surface area contributed by atoms with Crippen LogP contribution in [0.2, 0.25) is 0 Å². The topological polar surface area (TPSA) is 58.2 Å². The lowest BCUT2D eigenvalue weighted by atomic mass is 10.4. The zero-order valence-electron chi connectivity index (χ0n) is 8.70. The van der Waals surface area contributed by atoms with Crippen LogP contribution in [0.3, 0.4) is 0 Å². The third-order valence-corrected chi connectivity index (χ3v) is 1.60. The first-order valence-electron chi connectivity index (χ1n) is 4.34. The molecule has 5 nitrogen and oxygen atoms in total. The molecule has 0 aliphatic heterocycles. The summed E-state index contributed by atoms with van der Waals surface area (Å²) in [6.45, 7) is 0.983. The van der Waals surface area contributed by atoms with Crippen molar-refractivity contribution in [2.75, 3.05) is 21.2 Å². The second kappa shape index (κ2) is 4.88. The predicted molar refractivity (Wildman–Crippen MR) is 53.0 cm³/mol. The second-order valence-electron chi connectivity index (χ2n) is 3.35. The Morgan fingerprint density at radius 2 is 2.29 bits per heavy atom. The van der Waals surface area contributed by atoms with Crippen molar-refractivity contribution in [2.45, 2.75) is 13.2 Å². The summed E-state index contributed by atoms with van der Waals surface area (Å²) in [6.07, 6.45) is 0. The van der Waals surface area contributed by atoms with Gasteiger partial charge in [-0.2, -0.15) is 0 Å². The lowest BCUT2D eigenvalue weighted by molar-refractivity contribution is 0.180. The van der Waals surface area contributed by atoms with E-state index in [1.807, 2.05) is 19.0 Å². The molecule has 0 bridgehead atoms. The van der Waals surface area contributed by atoms with Gasteiger partial charge in [-0.3, -0.25) is 4.79 Å². The number of hydrogen-bond donors (Lipinski definition) is 1. The molecule has 0 unspecified atom stereocenters. The third kappa shape index (κ3) is 3.27. The molecule has 5 heteroatoms. The fraction of sp³-hybridized carbons (Fsp3) is 0.556. The number of aromatic amines is 1. The summed E-state index contributed by atoms with van der Waals surface area (Å²) in [5, 5.41) is 0. The van der Waals surface area contributed by atoms with Crippen molar-refractivity contribution in [1.29, 1.82) is 0 Å². The molecule has 0 spiro atoms. The van der Waals surface area contributed by atoms with Gasteiger partial charge in [-0.1, -0.05) is 0 Å². The van der Waals surface area contributed by atoms with E-state index >= 15 is 0 Å². The molecule has 0 atom stereocenters. The van der Waals surface area contributed by atoms with Crippen LogP contribution in [0.1, 0.15) is 11.5 Å². The zero-order chi connectivity index (χ0) is 10.6. The molecule has 1 aromatic rings. The number of H-pyrrole nitrogens is 1. The second-order valence-corrected chi connectivity index (χ2v) is 3.35. The summed E-state index contributed by atoms with van der Waals surface area (Å²) >= 11 is 0. The number of ether oxygens (including phenoxy) is 1. The van der Waals surface area contributed by atoms with Gasteiger partial charge in [-0.15, -0.1) is 0 Å². The van der Waals surface area contributed by atoms with Gasteiger partial charge in [0, 0.05) is 13.2 Å². The maximum atomic E-state index is 11.2. The molecule has 0 aliphatic rings. The Morgan fingerprint density at radius 3 is 2.86 bits per heavy atom. The number of hydrogen-bond acceptors (Lipinski definition) is 4. The van der Waals surface area contributed by atoms with Crippen LogP contribution in [-0.2, 0) is 17.9 Å². The first-order valence-corrected chi connectivity index (χ1v) is 4.34. The average Bonchev–Trinajstić information content (AvgIpc) is 2.01. The average molecular weight is 197 g/mol. The van der Waals surface area contributed by atoms with Gasteiger partial charge >= 0.3 is 0 Å². The van der Waals surface area contributed by atoms with Crippen LogP contribution in [0.25, 0.3) is 0 Å². The van der Waals surface area contributed by atoms with Crippen molar-refractivity contribution in [1.82, 2.24) is 14.9 Å². The van der Waals surface area contributed by atoms with E-state index in [-0.39, 0.29) is 5.56 Å². The molecule has 0 fully saturated rings. The highest BCUT2D eigenvalue weighted by Gasteiger charge is 2.01.